The predicted octanol–water partition coefficient (Wildman–Crippen LogP) is 2.51. The van der Waals surface area contributed by atoms with E-state index in [1.54, 1.807) is 20.0 Å². The minimum Gasteiger partial charge on any atom is -0.464 e. The Morgan fingerprint density at radius 2 is 2.10 bits per heavy atom. The number of aryl methyl sites for hydroxylation is 1. The molecule has 2 rings (SSSR count). The first-order valence-electron chi connectivity index (χ1n) is 7.59. The molecular weight excluding hydrogens is 288 g/mol. The monoisotopic (exact) mass is 314 g/mol. The van der Waals surface area contributed by atoms with Gasteiger partial charge in [0.25, 0.3) is 0 Å². The van der Waals surface area contributed by atoms with E-state index in [-0.39, 0.29) is 0 Å². The Morgan fingerprint density at radius 3 is 2.67 bits per heavy atom. The fourth-order valence-corrected chi connectivity index (χ4v) is 3.49. The summed E-state index contributed by atoms with van der Waals surface area (Å²) in [4.78, 5) is 0.293. The highest BCUT2D eigenvalue weighted by Gasteiger charge is 2.27. The van der Waals surface area contributed by atoms with Crippen LogP contribution in [-0.2, 0) is 16.6 Å². The second-order valence-corrected chi connectivity index (χ2v) is 8.31. The van der Waals surface area contributed by atoms with Crippen molar-refractivity contribution in [1.29, 1.82) is 0 Å². The molecule has 0 bridgehead atoms. The number of furan rings is 1. The molecule has 1 N–H and O–H groups in total. The molecule has 120 valence electrons. The van der Waals surface area contributed by atoms with E-state index in [0.29, 0.717) is 41.5 Å². The van der Waals surface area contributed by atoms with Gasteiger partial charge in [-0.1, -0.05) is 13.8 Å². The lowest BCUT2D eigenvalue weighted by atomic mass is 10.1. The van der Waals surface area contributed by atoms with E-state index in [4.69, 9.17) is 4.42 Å². The number of hydrogen-bond acceptors (Lipinski definition) is 4. The van der Waals surface area contributed by atoms with Crippen molar-refractivity contribution in [3.05, 3.63) is 17.6 Å². The smallest absolute Gasteiger partial charge is 0.246 e. The molecule has 21 heavy (non-hydrogen) atoms. The normalized spacial score (nSPS) is 16.1. The van der Waals surface area contributed by atoms with Gasteiger partial charge in [-0.25, -0.2) is 12.7 Å². The highest BCUT2D eigenvalue weighted by molar-refractivity contribution is 7.89. The van der Waals surface area contributed by atoms with E-state index >= 15 is 0 Å². The van der Waals surface area contributed by atoms with Crippen molar-refractivity contribution in [2.45, 2.75) is 57.5 Å². The lowest BCUT2D eigenvalue weighted by Gasteiger charge is -2.17. The number of sulfonamides is 1. The van der Waals surface area contributed by atoms with Crippen LogP contribution in [-0.4, -0.2) is 32.4 Å². The van der Waals surface area contributed by atoms with Gasteiger partial charge in [0.2, 0.25) is 10.0 Å². The van der Waals surface area contributed by atoms with Crippen LogP contribution in [0.2, 0.25) is 0 Å². The maximum Gasteiger partial charge on any atom is 0.246 e. The number of nitrogens with one attached hydrogen (secondary N) is 1. The molecule has 5 nitrogen and oxygen atoms in total. The van der Waals surface area contributed by atoms with E-state index in [0.717, 1.165) is 6.42 Å². The highest BCUT2D eigenvalue weighted by Crippen LogP contribution is 2.25. The minimum absolute atomic E-state index is 0.293. The molecule has 6 heteroatoms. The Labute approximate surface area is 127 Å². The Hall–Kier alpha value is -0.850. The van der Waals surface area contributed by atoms with Crippen molar-refractivity contribution < 1.29 is 12.8 Å². The Kier molecular flexibility index (Phi) is 5.11. The van der Waals surface area contributed by atoms with Crippen LogP contribution in [0.25, 0.3) is 0 Å². The van der Waals surface area contributed by atoms with Gasteiger partial charge in [0, 0.05) is 25.7 Å². The SMILES string of the molecule is Cc1oc(CNC2CC2)cc1S(=O)(=O)N(C)CCC(C)C. The van der Waals surface area contributed by atoms with Gasteiger partial charge in [0.05, 0.1) is 6.54 Å². The average Bonchev–Trinajstić information content (AvgIpc) is 3.15. The molecule has 0 spiro atoms. The summed E-state index contributed by atoms with van der Waals surface area (Å²) in [5, 5.41) is 3.33. The van der Waals surface area contributed by atoms with Gasteiger partial charge in [-0.15, -0.1) is 0 Å². The zero-order valence-corrected chi connectivity index (χ0v) is 14.2. The van der Waals surface area contributed by atoms with E-state index in [1.807, 2.05) is 0 Å². The van der Waals surface area contributed by atoms with Gasteiger partial charge in [-0.05, 0) is 32.1 Å². The molecule has 1 fully saturated rings. The van der Waals surface area contributed by atoms with Gasteiger partial charge in [-0.2, -0.15) is 0 Å². The minimum atomic E-state index is -3.46. The zero-order chi connectivity index (χ0) is 15.6. The summed E-state index contributed by atoms with van der Waals surface area (Å²) in [7, 11) is -1.82. The summed E-state index contributed by atoms with van der Waals surface area (Å²) in [6, 6.07) is 2.23. The number of hydrogen-bond donors (Lipinski definition) is 1. The summed E-state index contributed by atoms with van der Waals surface area (Å²) in [6.07, 6.45) is 3.24. The lowest BCUT2D eigenvalue weighted by Crippen LogP contribution is -2.28. The lowest BCUT2D eigenvalue weighted by molar-refractivity contribution is 0.424. The van der Waals surface area contributed by atoms with Crippen LogP contribution in [0.15, 0.2) is 15.4 Å². The van der Waals surface area contributed by atoms with Crippen LogP contribution >= 0.6 is 0 Å². The van der Waals surface area contributed by atoms with Crippen molar-refractivity contribution in [2.75, 3.05) is 13.6 Å². The highest BCUT2D eigenvalue weighted by atomic mass is 32.2. The number of nitrogens with zero attached hydrogens (tertiary/aromatic N) is 1. The third-order valence-corrected chi connectivity index (χ3v) is 5.74. The second kappa shape index (κ2) is 6.50. The standard InChI is InChI=1S/C15H26N2O3S/c1-11(2)7-8-17(4)21(18,19)15-9-14(20-12(15)3)10-16-13-5-6-13/h9,11,13,16H,5-8,10H2,1-4H3. The Morgan fingerprint density at radius 1 is 1.43 bits per heavy atom. The van der Waals surface area contributed by atoms with Crippen molar-refractivity contribution in [2.24, 2.45) is 5.92 Å². The van der Waals surface area contributed by atoms with Crippen LogP contribution in [0.3, 0.4) is 0 Å². The summed E-state index contributed by atoms with van der Waals surface area (Å²) in [5.74, 6) is 1.64. The molecule has 0 atom stereocenters. The van der Waals surface area contributed by atoms with Crippen molar-refractivity contribution >= 4 is 10.0 Å². The molecule has 1 aromatic heterocycles. The Balaban J connectivity index is 2.07. The third kappa shape index (κ3) is 4.31. The fraction of sp³-hybridized carbons (Fsp3) is 0.733. The van der Waals surface area contributed by atoms with Gasteiger partial charge in [-0.3, -0.25) is 0 Å². The molecule has 0 aromatic carbocycles. The molecule has 1 aliphatic rings. The maximum atomic E-state index is 12.6. The molecule has 0 radical (unpaired) electrons. The van der Waals surface area contributed by atoms with E-state index in [9.17, 15) is 8.42 Å². The van der Waals surface area contributed by atoms with Crippen LogP contribution < -0.4 is 5.32 Å². The summed E-state index contributed by atoms with van der Waals surface area (Å²) < 4.78 is 32.2. The van der Waals surface area contributed by atoms with Crippen LogP contribution in [0, 0.1) is 12.8 Å². The molecule has 0 aliphatic heterocycles. The quantitative estimate of drug-likeness (QED) is 0.801. The predicted molar refractivity (Wildman–Crippen MR) is 82.6 cm³/mol. The van der Waals surface area contributed by atoms with Gasteiger partial charge >= 0.3 is 0 Å². The van der Waals surface area contributed by atoms with Crippen molar-refractivity contribution in [3.8, 4) is 0 Å². The summed E-state index contributed by atoms with van der Waals surface area (Å²) >= 11 is 0. The zero-order valence-electron chi connectivity index (χ0n) is 13.3. The summed E-state index contributed by atoms with van der Waals surface area (Å²) in [6.45, 7) is 7.01. The van der Waals surface area contributed by atoms with Crippen molar-refractivity contribution in [3.63, 3.8) is 0 Å². The molecule has 0 unspecified atom stereocenters. The van der Waals surface area contributed by atoms with Crippen molar-refractivity contribution in [1.82, 2.24) is 9.62 Å². The van der Waals surface area contributed by atoms with Gasteiger partial charge in [0.1, 0.15) is 16.4 Å². The Bertz CT molecular complexity index is 574. The first-order chi connectivity index (χ1) is 9.80. The molecule has 0 saturated heterocycles. The molecule has 1 aliphatic carbocycles. The topological polar surface area (TPSA) is 62.6 Å². The van der Waals surface area contributed by atoms with E-state index in [1.165, 1.54) is 17.1 Å². The first-order valence-corrected chi connectivity index (χ1v) is 9.03. The van der Waals surface area contributed by atoms with Gasteiger partial charge < -0.3 is 9.73 Å². The molecule has 1 aromatic rings. The van der Waals surface area contributed by atoms with Crippen LogP contribution in [0.1, 0.15) is 44.6 Å². The third-order valence-electron chi connectivity index (χ3n) is 3.78. The van der Waals surface area contributed by atoms with Crippen LogP contribution in [0.5, 0.6) is 0 Å². The molecule has 1 heterocycles. The molecular formula is C15H26N2O3S. The first kappa shape index (κ1) is 16.5. The largest absolute Gasteiger partial charge is 0.464 e. The fourth-order valence-electron chi connectivity index (χ4n) is 2.13. The molecule has 1 saturated carbocycles. The van der Waals surface area contributed by atoms with Crippen LogP contribution in [0.4, 0.5) is 0 Å². The van der Waals surface area contributed by atoms with E-state index in [2.05, 4.69) is 19.2 Å². The second-order valence-electron chi connectivity index (χ2n) is 6.30. The molecule has 0 amide bonds. The number of rotatable bonds is 8. The van der Waals surface area contributed by atoms with Gasteiger partial charge in [0.15, 0.2) is 0 Å². The summed E-state index contributed by atoms with van der Waals surface area (Å²) in [5.41, 5.74) is 0. The average molecular weight is 314 g/mol. The van der Waals surface area contributed by atoms with E-state index < -0.39 is 10.0 Å². The maximum absolute atomic E-state index is 12.6.